The molecule has 0 aliphatic heterocycles. The smallest absolute Gasteiger partial charge is 0.328 e. The van der Waals surface area contributed by atoms with E-state index in [2.05, 4.69) is 11.9 Å². The van der Waals surface area contributed by atoms with Gasteiger partial charge in [0.15, 0.2) is 5.78 Å². The molecule has 4 rings (SSSR count). The molecule has 7 nitrogen and oxygen atoms in total. The number of esters is 1. The van der Waals surface area contributed by atoms with Crippen molar-refractivity contribution in [1.29, 1.82) is 0 Å². The average molecular weight is 563 g/mol. The van der Waals surface area contributed by atoms with Gasteiger partial charge in [-0.15, -0.1) is 0 Å². The molecule has 0 aromatic heterocycles. The molecule has 0 fully saturated rings. The quantitative estimate of drug-likeness (QED) is 0.120. The van der Waals surface area contributed by atoms with Gasteiger partial charge in [-0.05, 0) is 41.5 Å². The van der Waals surface area contributed by atoms with E-state index in [9.17, 15) is 14.4 Å². The number of anilines is 1. The number of nitrogens with one attached hydrogen (secondary N) is 1. The lowest BCUT2D eigenvalue weighted by atomic mass is 10.00. The van der Waals surface area contributed by atoms with Crippen LogP contribution in [-0.4, -0.2) is 48.9 Å². The highest BCUT2D eigenvalue weighted by Crippen LogP contribution is 2.22. The van der Waals surface area contributed by atoms with Crippen molar-refractivity contribution in [2.24, 2.45) is 0 Å². The summed E-state index contributed by atoms with van der Waals surface area (Å²) in [5, 5.41) is 3.22. The molecular formula is C35H34N2O5. The van der Waals surface area contributed by atoms with Crippen LogP contribution in [-0.2, 0) is 27.3 Å². The lowest BCUT2D eigenvalue weighted by Crippen LogP contribution is -2.33. The van der Waals surface area contributed by atoms with Gasteiger partial charge in [-0.1, -0.05) is 91.5 Å². The number of carbonyl (C=O) groups is 3. The van der Waals surface area contributed by atoms with E-state index in [0.29, 0.717) is 48.7 Å². The minimum absolute atomic E-state index is 0.138. The molecule has 4 aromatic carbocycles. The van der Waals surface area contributed by atoms with Crippen LogP contribution in [0.15, 0.2) is 122 Å². The summed E-state index contributed by atoms with van der Waals surface area (Å²) >= 11 is 0. The van der Waals surface area contributed by atoms with Crippen molar-refractivity contribution in [2.75, 3.05) is 25.6 Å². The largest absolute Gasteiger partial charge is 0.492 e. The van der Waals surface area contributed by atoms with Crippen LogP contribution in [0.5, 0.6) is 5.75 Å². The van der Waals surface area contributed by atoms with E-state index in [0.717, 1.165) is 11.1 Å². The second-order valence-electron chi connectivity index (χ2n) is 9.61. The zero-order chi connectivity index (χ0) is 29.7. The van der Waals surface area contributed by atoms with E-state index in [1.807, 2.05) is 78.9 Å². The number of rotatable bonds is 14. The molecule has 214 valence electrons. The molecule has 0 spiro atoms. The first-order valence-electron chi connectivity index (χ1n) is 13.7. The molecule has 0 saturated heterocycles. The molecule has 0 heterocycles. The number of carbonyl (C=O) groups excluding carboxylic acids is 3. The van der Waals surface area contributed by atoms with Gasteiger partial charge in [-0.3, -0.25) is 9.59 Å². The number of amides is 1. The number of hydrogen-bond donors (Lipinski definition) is 1. The van der Waals surface area contributed by atoms with Crippen LogP contribution < -0.4 is 10.1 Å². The van der Waals surface area contributed by atoms with Crippen LogP contribution in [0.4, 0.5) is 5.69 Å². The summed E-state index contributed by atoms with van der Waals surface area (Å²) < 4.78 is 11.0. The highest BCUT2D eigenvalue weighted by Gasteiger charge is 2.22. The first-order chi connectivity index (χ1) is 20.5. The monoisotopic (exact) mass is 562 g/mol. The predicted octanol–water partition coefficient (Wildman–Crippen LogP) is 5.71. The van der Waals surface area contributed by atoms with Crippen LogP contribution in [0.3, 0.4) is 0 Å². The maximum atomic E-state index is 13.2. The third-order valence-electron chi connectivity index (χ3n) is 6.72. The standard InChI is InChI=1S/C35H34N2O5/c1-3-33(38)37(25-27-12-6-4-7-13-27)22-23-42-29-20-18-26(19-21-29)24-32(35(40)41-2)36-31-17-11-10-16-30(31)34(39)28-14-8-5-9-15-28/h3-21,32,36H,1,22-25H2,2H3/t32-/m0/s1. The molecule has 0 bridgehead atoms. The fourth-order valence-corrected chi connectivity index (χ4v) is 4.51. The number of para-hydroxylation sites is 1. The van der Waals surface area contributed by atoms with Crippen molar-refractivity contribution < 1.29 is 23.9 Å². The van der Waals surface area contributed by atoms with E-state index in [-0.39, 0.29) is 11.7 Å². The Labute approximate surface area is 246 Å². The number of hydrogen-bond acceptors (Lipinski definition) is 6. The molecule has 1 atom stereocenters. The summed E-state index contributed by atoms with van der Waals surface area (Å²) in [6.45, 7) is 4.79. The third kappa shape index (κ3) is 8.17. The van der Waals surface area contributed by atoms with Crippen LogP contribution >= 0.6 is 0 Å². The SMILES string of the molecule is C=CC(=O)N(CCOc1ccc(C[C@H](Nc2ccccc2C(=O)c2ccccc2)C(=O)OC)cc1)Cc1ccccc1. The van der Waals surface area contributed by atoms with Crippen molar-refractivity contribution in [2.45, 2.75) is 19.0 Å². The molecule has 0 aliphatic rings. The van der Waals surface area contributed by atoms with E-state index in [4.69, 9.17) is 9.47 Å². The number of ether oxygens (including phenoxy) is 2. The Kier molecular flexibility index (Phi) is 10.6. The molecule has 1 N–H and O–H groups in total. The fraction of sp³-hybridized carbons (Fsp3) is 0.171. The number of nitrogens with zero attached hydrogens (tertiary/aromatic N) is 1. The molecule has 1 amide bonds. The van der Waals surface area contributed by atoms with Gasteiger partial charge in [0.2, 0.25) is 5.91 Å². The van der Waals surface area contributed by atoms with Crippen molar-refractivity contribution in [3.8, 4) is 5.75 Å². The Hall–Kier alpha value is -5.17. The van der Waals surface area contributed by atoms with Crippen molar-refractivity contribution in [1.82, 2.24) is 4.90 Å². The molecule has 0 aliphatic carbocycles. The van der Waals surface area contributed by atoms with E-state index < -0.39 is 12.0 Å². The Morgan fingerprint density at radius 3 is 2.14 bits per heavy atom. The summed E-state index contributed by atoms with van der Waals surface area (Å²) in [5.74, 6) is -0.0966. The van der Waals surface area contributed by atoms with E-state index >= 15 is 0 Å². The molecule has 0 unspecified atom stereocenters. The third-order valence-corrected chi connectivity index (χ3v) is 6.72. The first kappa shape index (κ1) is 29.8. The number of benzene rings is 4. The predicted molar refractivity (Wildman–Crippen MR) is 163 cm³/mol. The van der Waals surface area contributed by atoms with Crippen LogP contribution in [0.2, 0.25) is 0 Å². The lowest BCUT2D eigenvalue weighted by molar-refractivity contribution is -0.141. The highest BCUT2D eigenvalue weighted by atomic mass is 16.5. The molecule has 4 aromatic rings. The normalized spacial score (nSPS) is 11.2. The second-order valence-corrected chi connectivity index (χ2v) is 9.61. The van der Waals surface area contributed by atoms with Crippen LogP contribution in [0.1, 0.15) is 27.0 Å². The van der Waals surface area contributed by atoms with Gasteiger partial charge < -0.3 is 19.7 Å². The Balaban J connectivity index is 1.39. The van der Waals surface area contributed by atoms with Crippen molar-refractivity contribution in [3.63, 3.8) is 0 Å². The zero-order valence-electron chi connectivity index (χ0n) is 23.6. The first-order valence-corrected chi connectivity index (χ1v) is 13.7. The molecule has 0 radical (unpaired) electrons. The van der Waals surface area contributed by atoms with E-state index in [1.54, 1.807) is 35.2 Å². The summed E-state index contributed by atoms with van der Waals surface area (Å²) in [4.78, 5) is 39.9. The van der Waals surface area contributed by atoms with Crippen LogP contribution in [0, 0.1) is 0 Å². The summed E-state index contributed by atoms with van der Waals surface area (Å²) in [5.41, 5.74) is 3.49. The maximum Gasteiger partial charge on any atom is 0.328 e. The second kappa shape index (κ2) is 15.0. The van der Waals surface area contributed by atoms with Crippen LogP contribution in [0.25, 0.3) is 0 Å². The van der Waals surface area contributed by atoms with Gasteiger partial charge in [0.1, 0.15) is 18.4 Å². The molecular weight excluding hydrogens is 528 g/mol. The van der Waals surface area contributed by atoms with Gasteiger partial charge >= 0.3 is 5.97 Å². The lowest BCUT2D eigenvalue weighted by Gasteiger charge is -2.22. The Bertz CT molecular complexity index is 1490. The average Bonchev–Trinajstić information content (AvgIpc) is 3.04. The van der Waals surface area contributed by atoms with Crippen molar-refractivity contribution >= 4 is 23.3 Å². The number of ketones is 1. The van der Waals surface area contributed by atoms with E-state index in [1.165, 1.54) is 13.2 Å². The topological polar surface area (TPSA) is 84.9 Å². The van der Waals surface area contributed by atoms with Gasteiger partial charge in [0.05, 0.1) is 13.7 Å². The zero-order valence-corrected chi connectivity index (χ0v) is 23.6. The summed E-state index contributed by atoms with van der Waals surface area (Å²) in [6.07, 6.45) is 1.64. The summed E-state index contributed by atoms with van der Waals surface area (Å²) in [6, 6.07) is 32.6. The number of methoxy groups -OCH3 is 1. The molecule has 7 heteroatoms. The molecule has 0 saturated carbocycles. The van der Waals surface area contributed by atoms with Crippen molar-refractivity contribution in [3.05, 3.63) is 144 Å². The maximum absolute atomic E-state index is 13.2. The van der Waals surface area contributed by atoms with Gasteiger partial charge in [-0.25, -0.2) is 4.79 Å². The Morgan fingerprint density at radius 2 is 1.48 bits per heavy atom. The van der Waals surface area contributed by atoms with Gasteiger partial charge in [0, 0.05) is 29.8 Å². The fourth-order valence-electron chi connectivity index (χ4n) is 4.51. The van der Waals surface area contributed by atoms with Gasteiger partial charge in [0.25, 0.3) is 0 Å². The molecule has 42 heavy (non-hydrogen) atoms. The minimum atomic E-state index is -0.719. The minimum Gasteiger partial charge on any atom is -0.492 e. The highest BCUT2D eigenvalue weighted by molar-refractivity contribution is 6.12. The Morgan fingerprint density at radius 1 is 0.833 bits per heavy atom. The van der Waals surface area contributed by atoms with Gasteiger partial charge in [-0.2, -0.15) is 0 Å². The summed E-state index contributed by atoms with van der Waals surface area (Å²) in [7, 11) is 1.34.